The zero-order valence-electron chi connectivity index (χ0n) is 15.9. The number of piperazine rings is 1. The van der Waals surface area contributed by atoms with Gasteiger partial charge in [-0.2, -0.15) is 0 Å². The Kier molecular flexibility index (Phi) is 7.21. The average Bonchev–Trinajstić information content (AvgIpc) is 2.74. The van der Waals surface area contributed by atoms with Crippen molar-refractivity contribution in [2.24, 2.45) is 0 Å². The molecule has 0 unspecified atom stereocenters. The molecule has 2 aromatic rings. The Morgan fingerprint density at radius 3 is 2.48 bits per heavy atom. The third kappa shape index (κ3) is 6.04. The van der Waals surface area contributed by atoms with Gasteiger partial charge in [-0.1, -0.05) is 23.7 Å². The van der Waals surface area contributed by atoms with Gasteiger partial charge >= 0.3 is 0 Å². The van der Waals surface area contributed by atoms with Gasteiger partial charge in [0.15, 0.2) is 0 Å². The van der Waals surface area contributed by atoms with E-state index >= 15 is 0 Å². The van der Waals surface area contributed by atoms with Crippen LogP contribution in [0.2, 0.25) is 5.02 Å². The number of hydrogen-bond acceptors (Lipinski definition) is 5. The fraction of sp³-hybridized carbons (Fsp3) is 0.286. The van der Waals surface area contributed by atoms with Crippen molar-refractivity contribution >= 4 is 29.3 Å². The van der Waals surface area contributed by atoms with Crippen LogP contribution < -0.4 is 4.74 Å². The predicted molar refractivity (Wildman–Crippen MR) is 112 cm³/mol. The Morgan fingerprint density at radius 1 is 1.10 bits per heavy atom. The van der Waals surface area contributed by atoms with Gasteiger partial charge in [0, 0.05) is 49.9 Å². The van der Waals surface area contributed by atoms with E-state index in [2.05, 4.69) is 4.90 Å². The van der Waals surface area contributed by atoms with Crippen LogP contribution in [0.15, 0.2) is 54.6 Å². The van der Waals surface area contributed by atoms with E-state index in [4.69, 9.17) is 16.3 Å². The number of halogens is 1. The quantitative estimate of drug-likeness (QED) is 0.393. The summed E-state index contributed by atoms with van der Waals surface area (Å²) in [6.45, 7) is 4.08. The fourth-order valence-electron chi connectivity index (χ4n) is 3.08. The second kappa shape index (κ2) is 10.0. The molecule has 0 aliphatic carbocycles. The third-order valence-corrected chi connectivity index (χ3v) is 4.96. The Morgan fingerprint density at radius 2 is 1.79 bits per heavy atom. The summed E-state index contributed by atoms with van der Waals surface area (Å²) in [6.07, 6.45) is 2.91. The van der Waals surface area contributed by atoms with Crippen molar-refractivity contribution in [3.8, 4) is 5.75 Å². The summed E-state index contributed by atoms with van der Waals surface area (Å²) in [6, 6.07) is 13.6. The topological polar surface area (TPSA) is 75.9 Å². The molecule has 2 aromatic carbocycles. The van der Waals surface area contributed by atoms with Gasteiger partial charge in [-0.25, -0.2) is 0 Å². The van der Waals surface area contributed by atoms with Crippen LogP contribution in [0.1, 0.15) is 5.56 Å². The molecule has 1 aliphatic heterocycles. The number of ether oxygens (including phenoxy) is 1. The number of benzene rings is 2. The number of carbonyl (C=O) groups is 1. The lowest BCUT2D eigenvalue weighted by Gasteiger charge is -2.34. The standard InChI is InChI=1S/C21H22ClN3O4/c22-18-6-8-19(9-7-18)29-16-15-23-11-13-24(14-12-23)21(26)10-5-17-3-1-2-4-20(17)25(27)28/h1-10H,11-16H2/b10-5+. The van der Waals surface area contributed by atoms with E-state index in [1.807, 2.05) is 12.1 Å². The zero-order chi connectivity index (χ0) is 20.6. The molecule has 0 aromatic heterocycles. The van der Waals surface area contributed by atoms with Gasteiger partial charge in [0.2, 0.25) is 5.91 Å². The number of para-hydroxylation sites is 1. The Balaban J connectivity index is 1.43. The van der Waals surface area contributed by atoms with Gasteiger partial charge in [0.25, 0.3) is 5.69 Å². The monoisotopic (exact) mass is 415 g/mol. The van der Waals surface area contributed by atoms with E-state index in [0.29, 0.717) is 30.3 Å². The molecule has 0 bridgehead atoms. The highest BCUT2D eigenvalue weighted by molar-refractivity contribution is 6.30. The molecule has 1 amide bonds. The summed E-state index contributed by atoms with van der Waals surface area (Å²) >= 11 is 5.85. The second-order valence-electron chi connectivity index (χ2n) is 6.62. The largest absolute Gasteiger partial charge is 0.492 e. The third-order valence-electron chi connectivity index (χ3n) is 4.71. The van der Waals surface area contributed by atoms with Crippen LogP contribution in [0, 0.1) is 10.1 Å². The highest BCUT2D eigenvalue weighted by atomic mass is 35.5. The Hall–Kier alpha value is -2.90. The lowest BCUT2D eigenvalue weighted by Crippen LogP contribution is -2.49. The molecule has 0 radical (unpaired) electrons. The van der Waals surface area contributed by atoms with Crippen LogP contribution in [0.4, 0.5) is 5.69 Å². The molecule has 1 heterocycles. The molecule has 1 fully saturated rings. The van der Waals surface area contributed by atoms with Crippen molar-refractivity contribution in [1.82, 2.24) is 9.80 Å². The smallest absolute Gasteiger partial charge is 0.276 e. The molecule has 8 heteroatoms. The molecule has 7 nitrogen and oxygen atoms in total. The maximum Gasteiger partial charge on any atom is 0.276 e. The minimum Gasteiger partial charge on any atom is -0.492 e. The highest BCUT2D eigenvalue weighted by Gasteiger charge is 2.19. The average molecular weight is 416 g/mol. The van der Waals surface area contributed by atoms with Crippen molar-refractivity contribution in [2.75, 3.05) is 39.3 Å². The summed E-state index contributed by atoms with van der Waals surface area (Å²) in [7, 11) is 0. The summed E-state index contributed by atoms with van der Waals surface area (Å²) in [4.78, 5) is 27.0. The van der Waals surface area contributed by atoms with Gasteiger partial charge in [0.1, 0.15) is 12.4 Å². The van der Waals surface area contributed by atoms with Gasteiger partial charge in [-0.3, -0.25) is 19.8 Å². The normalized spacial score (nSPS) is 14.9. The van der Waals surface area contributed by atoms with Crippen molar-refractivity contribution in [3.63, 3.8) is 0 Å². The van der Waals surface area contributed by atoms with Gasteiger partial charge < -0.3 is 9.64 Å². The zero-order valence-corrected chi connectivity index (χ0v) is 16.6. The second-order valence-corrected chi connectivity index (χ2v) is 7.06. The lowest BCUT2D eigenvalue weighted by molar-refractivity contribution is -0.385. The van der Waals surface area contributed by atoms with E-state index in [-0.39, 0.29) is 11.6 Å². The first kappa shape index (κ1) is 20.8. The number of carbonyl (C=O) groups excluding carboxylic acids is 1. The number of nitro groups is 1. The van der Waals surface area contributed by atoms with E-state index in [9.17, 15) is 14.9 Å². The maximum atomic E-state index is 12.4. The first-order valence-electron chi connectivity index (χ1n) is 9.34. The van der Waals surface area contributed by atoms with Crippen molar-refractivity contribution in [3.05, 3.63) is 75.3 Å². The van der Waals surface area contributed by atoms with Crippen LogP contribution in [0.3, 0.4) is 0 Å². The number of amides is 1. The Labute approximate surface area is 174 Å². The molecule has 0 N–H and O–H groups in total. The van der Waals surface area contributed by atoms with Crippen molar-refractivity contribution in [2.45, 2.75) is 0 Å². The van der Waals surface area contributed by atoms with Gasteiger partial charge in [-0.15, -0.1) is 0 Å². The molecule has 0 spiro atoms. The molecular weight excluding hydrogens is 394 g/mol. The number of nitrogens with zero attached hydrogens (tertiary/aromatic N) is 3. The maximum absolute atomic E-state index is 12.4. The number of rotatable bonds is 7. The summed E-state index contributed by atoms with van der Waals surface area (Å²) in [5, 5.41) is 11.7. The summed E-state index contributed by atoms with van der Waals surface area (Å²) in [5.74, 6) is 0.642. The molecule has 1 saturated heterocycles. The SMILES string of the molecule is O=C(/C=C/c1ccccc1[N+](=O)[O-])N1CCN(CCOc2ccc(Cl)cc2)CC1. The van der Waals surface area contributed by atoms with Crippen LogP contribution in [0.5, 0.6) is 5.75 Å². The summed E-state index contributed by atoms with van der Waals surface area (Å²) in [5.41, 5.74) is 0.408. The van der Waals surface area contributed by atoms with Crippen molar-refractivity contribution < 1.29 is 14.5 Å². The van der Waals surface area contributed by atoms with Crippen LogP contribution in [-0.2, 0) is 4.79 Å². The lowest BCUT2D eigenvalue weighted by atomic mass is 10.1. The minimum atomic E-state index is -0.449. The first-order chi connectivity index (χ1) is 14.0. The van der Waals surface area contributed by atoms with E-state index in [1.165, 1.54) is 18.2 Å². The van der Waals surface area contributed by atoms with E-state index < -0.39 is 4.92 Å². The number of nitro benzene ring substituents is 1. The first-order valence-corrected chi connectivity index (χ1v) is 9.72. The number of hydrogen-bond donors (Lipinski definition) is 0. The van der Waals surface area contributed by atoms with Gasteiger partial charge in [-0.05, 0) is 36.4 Å². The molecule has 1 aliphatic rings. The van der Waals surface area contributed by atoms with Crippen LogP contribution >= 0.6 is 11.6 Å². The van der Waals surface area contributed by atoms with E-state index in [1.54, 1.807) is 35.2 Å². The van der Waals surface area contributed by atoms with Crippen molar-refractivity contribution in [1.29, 1.82) is 0 Å². The van der Waals surface area contributed by atoms with Crippen LogP contribution in [-0.4, -0.2) is 60.0 Å². The molecule has 0 saturated carbocycles. The Bertz CT molecular complexity index is 878. The highest BCUT2D eigenvalue weighted by Crippen LogP contribution is 2.19. The summed E-state index contributed by atoms with van der Waals surface area (Å²) < 4.78 is 5.71. The fourth-order valence-corrected chi connectivity index (χ4v) is 3.20. The minimum absolute atomic E-state index is 0.0120. The van der Waals surface area contributed by atoms with Gasteiger partial charge in [0.05, 0.1) is 10.5 Å². The molecular formula is C21H22ClN3O4. The van der Waals surface area contributed by atoms with E-state index in [0.717, 1.165) is 25.4 Å². The molecule has 0 atom stereocenters. The molecule has 3 rings (SSSR count). The van der Waals surface area contributed by atoms with Crippen LogP contribution in [0.25, 0.3) is 6.08 Å². The molecule has 29 heavy (non-hydrogen) atoms. The predicted octanol–water partition coefficient (Wildman–Crippen LogP) is 3.48. The molecule has 152 valence electrons.